The molecule has 0 spiro atoms. The van der Waals surface area contributed by atoms with Gasteiger partial charge in [-0.3, -0.25) is 0 Å². The third kappa shape index (κ3) is 4.41. The molecule has 170 valence electrons. The molecule has 0 radical (unpaired) electrons. The molecule has 0 bridgehead atoms. The highest BCUT2D eigenvalue weighted by Gasteiger charge is 2.27. The van der Waals surface area contributed by atoms with Crippen molar-refractivity contribution in [2.24, 2.45) is 0 Å². The number of ether oxygens (including phenoxy) is 3. The van der Waals surface area contributed by atoms with Gasteiger partial charge in [0.2, 0.25) is 15.3 Å². The lowest BCUT2D eigenvalue weighted by molar-refractivity contribution is 0.0730. The second-order valence-corrected chi connectivity index (χ2v) is 9.53. The molecule has 9 nitrogen and oxygen atoms in total. The van der Waals surface area contributed by atoms with Crippen molar-refractivity contribution in [1.29, 1.82) is 0 Å². The zero-order chi connectivity index (χ0) is 22.9. The zero-order valence-electron chi connectivity index (χ0n) is 17.3. The molecule has 0 unspecified atom stereocenters. The molecule has 1 saturated heterocycles. The Labute approximate surface area is 195 Å². The third-order valence-corrected chi connectivity index (χ3v) is 7.37. The minimum atomic E-state index is -3.70. The molecule has 3 aromatic rings. The fraction of sp³-hybridized carbons (Fsp3) is 0.300. The Balaban J connectivity index is 1.76. The normalized spacial score (nSPS) is 15.0. The molecule has 0 amide bonds. The van der Waals surface area contributed by atoms with Gasteiger partial charge in [0.15, 0.2) is 11.5 Å². The first-order valence-corrected chi connectivity index (χ1v) is 11.8. The van der Waals surface area contributed by atoms with Crippen molar-refractivity contribution in [3.63, 3.8) is 0 Å². The van der Waals surface area contributed by atoms with Crippen molar-refractivity contribution in [3.8, 4) is 11.5 Å². The summed E-state index contributed by atoms with van der Waals surface area (Å²) in [4.78, 5) is 8.60. The van der Waals surface area contributed by atoms with Crippen LogP contribution < -0.4 is 14.8 Å². The fourth-order valence-electron chi connectivity index (χ4n) is 3.35. The molecule has 1 aliphatic rings. The van der Waals surface area contributed by atoms with Crippen molar-refractivity contribution in [2.75, 3.05) is 45.8 Å². The van der Waals surface area contributed by atoms with Crippen LogP contribution in [0, 0.1) is 0 Å². The summed E-state index contributed by atoms with van der Waals surface area (Å²) in [5.41, 5.74) is 0.866. The van der Waals surface area contributed by atoms with Gasteiger partial charge < -0.3 is 19.5 Å². The molecule has 12 heteroatoms. The van der Waals surface area contributed by atoms with Crippen LogP contribution in [0.4, 0.5) is 11.5 Å². The molecule has 0 saturated carbocycles. The highest BCUT2D eigenvalue weighted by Crippen LogP contribution is 2.37. The molecule has 0 atom stereocenters. The number of methoxy groups -OCH3 is 2. The van der Waals surface area contributed by atoms with Crippen molar-refractivity contribution in [1.82, 2.24) is 14.3 Å². The number of nitrogens with zero attached hydrogens (tertiary/aromatic N) is 3. The average molecular weight is 499 g/mol. The Bertz CT molecular complexity index is 1270. The Hall–Kier alpha value is -2.37. The van der Waals surface area contributed by atoms with Crippen molar-refractivity contribution in [3.05, 3.63) is 40.6 Å². The Kier molecular flexibility index (Phi) is 6.59. The second-order valence-electron chi connectivity index (χ2n) is 6.85. The van der Waals surface area contributed by atoms with Gasteiger partial charge in [-0.1, -0.05) is 11.6 Å². The number of aromatic nitrogens is 2. The Morgan fingerprint density at radius 1 is 1.03 bits per heavy atom. The van der Waals surface area contributed by atoms with E-state index in [1.54, 1.807) is 12.1 Å². The van der Waals surface area contributed by atoms with Crippen molar-refractivity contribution in [2.45, 2.75) is 4.90 Å². The molecule has 32 heavy (non-hydrogen) atoms. The fourth-order valence-corrected chi connectivity index (χ4v) is 5.12. The van der Waals surface area contributed by atoms with E-state index in [4.69, 9.17) is 37.4 Å². The topological polar surface area (TPSA) is 103 Å². The quantitative estimate of drug-likeness (QED) is 0.512. The summed E-state index contributed by atoms with van der Waals surface area (Å²) in [7, 11) is -0.667. The maximum atomic E-state index is 13.0. The lowest BCUT2D eigenvalue weighted by atomic mass is 10.2. The van der Waals surface area contributed by atoms with Crippen LogP contribution in [0.15, 0.2) is 35.2 Å². The van der Waals surface area contributed by atoms with Gasteiger partial charge in [0.25, 0.3) is 0 Å². The maximum absolute atomic E-state index is 13.0. The monoisotopic (exact) mass is 498 g/mol. The van der Waals surface area contributed by atoms with Gasteiger partial charge in [-0.05, 0) is 35.9 Å². The van der Waals surface area contributed by atoms with Crippen LogP contribution in [0.5, 0.6) is 11.5 Å². The number of rotatable bonds is 6. The smallest absolute Gasteiger partial charge is 0.243 e. The predicted octanol–water partition coefficient (Wildman–Crippen LogP) is 3.72. The van der Waals surface area contributed by atoms with E-state index in [1.165, 1.54) is 36.7 Å². The summed E-state index contributed by atoms with van der Waals surface area (Å²) in [6.07, 6.45) is 0. The van der Waals surface area contributed by atoms with Crippen LogP contribution >= 0.6 is 23.2 Å². The number of halogens is 2. The largest absolute Gasteiger partial charge is 0.493 e. The number of morpholine rings is 1. The summed E-state index contributed by atoms with van der Waals surface area (Å²) >= 11 is 12.5. The van der Waals surface area contributed by atoms with E-state index < -0.39 is 10.0 Å². The van der Waals surface area contributed by atoms with E-state index in [9.17, 15) is 8.42 Å². The van der Waals surface area contributed by atoms with E-state index in [0.717, 1.165) is 0 Å². The SMILES string of the molecule is COc1cc2nc(Cl)nc(Nc3cc(S(=O)(=O)N4CCOCC4)ccc3Cl)c2cc1OC. The molecule has 0 aliphatic carbocycles. The molecule has 4 rings (SSSR count). The summed E-state index contributed by atoms with van der Waals surface area (Å²) in [5.74, 6) is 1.30. The van der Waals surface area contributed by atoms with Crippen molar-refractivity contribution >= 4 is 55.6 Å². The lowest BCUT2D eigenvalue weighted by Crippen LogP contribution is -2.40. The number of fused-ring (bicyclic) bond motifs is 1. The number of hydrogen-bond acceptors (Lipinski definition) is 8. The van der Waals surface area contributed by atoms with Crippen LogP contribution in [-0.4, -0.2) is 63.2 Å². The zero-order valence-corrected chi connectivity index (χ0v) is 19.6. The summed E-state index contributed by atoms with van der Waals surface area (Å²) in [6, 6.07) is 7.84. The van der Waals surface area contributed by atoms with E-state index in [1.807, 2.05) is 0 Å². The van der Waals surface area contributed by atoms with E-state index in [-0.39, 0.29) is 10.2 Å². The molecule has 1 N–H and O–H groups in total. The molecule has 2 aromatic carbocycles. The van der Waals surface area contributed by atoms with E-state index in [2.05, 4.69) is 15.3 Å². The van der Waals surface area contributed by atoms with Crippen molar-refractivity contribution < 1.29 is 22.6 Å². The van der Waals surface area contributed by atoms with Crippen LogP contribution in [0.1, 0.15) is 0 Å². The van der Waals surface area contributed by atoms with E-state index in [0.29, 0.717) is 65.2 Å². The lowest BCUT2D eigenvalue weighted by Gasteiger charge is -2.26. The molecular weight excluding hydrogens is 479 g/mol. The Morgan fingerprint density at radius 3 is 2.41 bits per heavy atom. The molecule has 1 fully saturated rings. The van der Waals surface area contributed by atoms with Crippen LogP contribution in [0.25, 0.3) is 10.9 Å². The predicted molar refractivity (Wildman–Crippen MR) is 122 cm³/mol. The Morgan fingerprint density at radius 2 is 1.72 bits per heavy atom. The van der Waals surface area contributed by atoms with Gasteiger partial charge in [0, 0.05) is 24.5 Å². The van der Waals surface area contributed by atoms with Gasteiger partial charge in [-0.15, -0.1) is 0 Å². The molecule has 1 aromatic heterocycles. The average Bonchev–Trinajstić information content (AvgIpc) is 2.80. The minimum Gasteiger partial charge on any atom is -0.493 e. The number of hydrogen-bond donors (Lipinski definition) is 1. The molecule has 2 heterocycles. The minimum absolute atomic E-state index is 0.000403. The summed E-state index contributed by atoms with van der Waals surface area (Å²) < 4.78 is 43.4. The van der Waals surface area contributed by atoms with Gasteiger partial charge in [0.1, 0.15) is 5.82 Å². The van der Waals surface area contributed by atoms with Gasteiger partial charge in [0.05, 0.1) is 48.6 Å². The highest BCUT2D eigenvalue weighted by molar-refractivity contribution is 7.89. The molecule has 1 aliphatic heterocycles. The second kappa shape index (κ2) is 9.24. The number of nitrogens with one attached hydrogen (secondary N) is 1. The third-order valence-electron chi connectivity index (χ3n) is 4.97. The number of benzene rings is 2. The number of anilines is 2. The first-order chi connectivity index (χ1) is 15.3. The highest BCUT2D eigenvalue weighted by atomic mass is 35.5. The van der Waals surface area contributed by atoms with Gasteiger partial charge >= 0.3 is 0 Å². The first-order valence-electron chi connectivity index (χ1n) is 9.57. The summed E-state index contributed by atoms with van der Waals surface area (Å²) in [5, 5.41) is 3.99. The first kappa shape index (κ1) is 22.8. The number of sulfonamides is 1. The van der Waals surface area contributed by atoms with Crippen LogP contribution in [0.3, 0.4) is 0 Å². The van der Waals surface area contributed by atoms with Crippen LogP contribution in [0.2, 0.25) is 10.3 Å². The summed E-state index contributed by atoms with van der Waals surface area (Å²) in [6.45, 7) is 1.30. The van der Waals surface area contributed by atoms with E-state index >= 15 is 0 Å². The standard InChI is InChI=1S/C20H20Cl2N4O5S/c1-29-17-10-13-15(11-18(17)30-2)24-20(22)25-19(13)23-16-9-12(3-4-14(16)21)32(27,28)26-5-7-31-8-6-26/h3-4,9-11H,5-8H2,1-2H3,(H,23,24,25). The van der Waals surface area contributed by atoms with Gasteiger partial charge in [-0.2, -0.15) is 9.29 Å². The van der Waals surface area contributed by atoms with Crippen LogP contribution in [-0.2, 0) is 14.8 Å². The van der Waals surface area contributed by atoms with Gasteiger partial charge in [-0.25, -0.2) is 13.4 Å². The maximum Gasteiger partial charge on any atom is 0.243 e. The molecular formula is C20H20Cl2N4O5S.